The number of hydrogen-bond acceptors (Lipinski definition) is 3. The molecule has 2 amide bonds. The second-order valence-corrected chi connectivity index (χ2v) is 9.92. The molecule has 2 saturated carbocycles. The molecule has 150 valence electrons. The minimum atomic E-state index is -0.0272. The summed E-state index contributed by atoms with van der Waals surface area (Å²) in [5.41, 5.74) is 1.24. The van der Waals surface area contributed by atoms with Crippen molar-refractivity contribution in [1.29, 1.82) is 0 Å². The van der Waals surface area contributed by atoms with Gasteiger partial charge in [-0.3, -0.25) is 9.59 Å². The van der Waals surface area contributed by atoms with Crippen molar-refractivity contribution in [2.75, 3.05) is 6.54 Å². The van der Waals surface area contributed by atoms with Crippen molar-refractivity contribution in [1.82, 2.24) is 10.6 Å². The van der Waals surface area contributed by atoms with Gasteiger partial charge in [0.25, 0.3) is 5.91 Å². The van der Waals surface area contributed by atoms with E-state index >= 15 is 0 Å². The van der Waals surface area contributed by atoms with Crippen molar-refractivity contribution in [2.45, 2.75) is 70.3 Å². The van der Waals surface area contributed by atoms with Gasteiger partial charge in [0.05, 0.1) is 4.88 Å². The molecule has 0 aliphatic heterocycles. The molecular formula is C23H30N2O2S. The van der Waals surface area contributed by atoms with Crippen LogP contribution in [0.5, 0.6) is 0 Å². The number of nitrogens with one attached hydrogen (secondary N) is 2. The highest BCUT2D eigenvalue weighted by molar-refractivity contribution is 7.21. The molecule has 2 fully saturated rings. The van der Waals surface area contributed by atoms with Crippen molar-refractivity contribution in [3.8, 4) is 0 Å². The Labute approximate surface area is 171 Å². The summed E-state index contributed by atoms with van der Waals surface area (Å²) in [7, 11) is 0. The zero-order valence-corrected chi connectivity index (χ0v) is 17.7. The summed E-state index contributed by atoms with van der Waals surface area (Å²) in [6.45, 7) is 4.52. The standard InChI is InChI=1S/C23H30N2O2S/c1-15(26)24-14-16-8-10-17(11-9-16)20-18-6-3-4-7-19(18)28-21(20)22(27)25-23(2)12-5-13-23/h3-4,6-7,16-17H,5,8-14H2,1-2H3,(H,24,26)(H,25,27). The minimum Gasteiger partial charge on any atom is -0.356 e. The van der Waals surface area contributed by atoms with E-state index in [0.717, 1.165) is 49.9 Å². The Bertz CT molecular complexity index is 876. The van der Waals surface area contributed by atoms with Gasteiger partial charge in [-0.2, -0.15) is 0 Å². The van der Waals surface area contributed by atoms with Crippen LogP contribution in [-0.4, -0.2) is 23.9 Å². The Morgan fingerprint density at radius 1 is 1.14 bits per heavy atom. The van der Waals surface area contributed by atoms with Gasteiger partial charge in [-0.05, 0) is 80.7 Å². The maximum Gasteiger partial charge on any atom is 0.262 e. The average molecular weight is 399 g/mol. The summed E-state index contributed by atoms with van der Waals surface area (Å²) in [5, 5.41) is 7.53. The number of thiophene rings is 1. The van der Waals surface area contributed by atoms with Gasteiger partial charge >= 0.3 is 0 Å². The number of fused-ring (bicyclic) bond motifs is 1. The minimum absolute atomic E-state index is 0.0272. The van der Waals surface area contributed by atoms with E-state index in [2.05, 4.69) is 41.8 Å². The number of amides is 2. The molecule has 4 rings (SSSR count). The Morgan fingerprint density at radius 2 is 1.86 bits per heavy atom. The second-order valence-electron chi connectivity index (χ2n) is 8.86. The van der Waals surface area contributed by atoms with Crippen LogP contribution in [0.15, 0.2) is 24.3 Å². The highest BCUT2D eigenvalue weighted by atomic mass is 32.1. The van der Waals surface area contributed by atoms with Crippen LogP contribution < -0.4 is 10.6 Å². The molecule has 4 nitrogen and oxygen atoms in total. The smallest absolute Gasteiger partial charge is 0.262 e. The first kappa shape index (κ1) is 19.4. The van der Waals surface area contributed by atoms with Crippen molar-refractivity contribution < 1.29 is 9.59 Å². The highest BCUT2D eigenvalue weighted by Gasteiger charge is 2.35. The highest BCUT2D eigenvalue weighted by Crippen LogP contribution is 2.44. The van der Waals surface area contributed by atoms with Gasteiger partial charge in [0, 0.05) is 23.7 Å². The predicted octanol–water partition coefficient (Wildman–Crippen LogP) is 4.98. The Balaban J connectivity index is 1.56. The Hall–Kier alpha value is -1.88. The molecule has 2 aliphatic carbocycles. The van der Waals surface area contributed by atoms with Gasteiger partial charge in [0.1, 0.15) is 0 Å². The lowest BCUT2D eigenvalue weighted by Gasteiger charge is -2.39. The molecule has 28 heavy (non-hydrogen) atoms. The lowest BCUT2D eigenvalue weighted by atomic mass is 9.77. The normalized spacial score (nSPS) is 23.8. The van der Waals surface area contributed by atoms with E-state index in [0.29, 0.717) is 11.8 Å². The van der Waals surface area contributed by atoms with E-state index in [-0.39, 0.29) is 17.4 Å². The third-order valence-electron chi connectivity index (χ3n) is 6.61. The molecule has 1 aromatic heterocycles. The monoisotopic (exact) mass is 398 g/mol. The third kappa shape index (κ3) is 3.95. The zero-order chi connectivity index (χ0) is 19.7. The maximum absolute atomic E-state index is 13.2. The summed E-state index contributed by atoms with van der Waals surface area (Å²) in [4.78, 5) is 25.3. The number of benzene rings is 1. The quantitative estimate of drug-likeness (QED) is 0.746. The van der Waals surface area contributed by atoms with E-state index < -0.39 is 0 Å². The van der Waals surface area contributed by atoms with Crippen LogP contribution in [0.4, 0.5) is 0 Å². The van der Waals surface area contributed by atoms with E-state index in [1.54, 1.807) is 18.3 Å². The lowest BCUT2D eigenvalue weighted by Crippen LogP contribution is -2.50. The van der Waals surface area contributed by atoms with Crippen molar-refractivity contribution in [2.24, 2.45) is 5.92 Å². The van der Waals surface area contributed by atoms with E-state index in [9.17, 15) is 9.59 Å². The number of carbonyl (C=O) groups is 2. The molecule has 0 spiro atoms. The topological polar surface area (TPSA) is 58.2 Å². The van der Waals surface area contributed by atoms with Crippen molar-refractivity contribution >= 4 is 33.2 Å². The van der Waals surface area contributed by atoms with E-state index in [1.165, 1.54) is 22.1 Å². The Kier molecular flexibility index (Phi) is 5.46. The molecule has 0 bridgehead atoms. The predicted molar refractivity (Wildman–Crippen MR) is 115 cm³/mol. The molecule has 1 aromatic carbocycles. The molecule has 1 heterocycles. The molecule has 5 heteroatoms. The Morgan fingerprint density at radius 3 is 2.50 bits per heavy atom. The summed E-state index contributed by atoms with van der Waals surface area (Å²) < 4.78 is 1.21. The lowest BCUT2D eigenvalue weighted by molar-refractivity contribution is -0.119. The van der Waals surface area contributed by atoms with Crippen LogP contribution >= 0.6 is 11.3 Å². The molecule has 2 N–H and O–H groups in total. The summed E-state index contributed by atoms with van der Waals surface area (Å²) in [6, 6.07) is 8.44. The molecule has 0 unspecified atom stereocenters. The van der Waals surface area contributed by atoms with Gasteiger partial charge in [0.2, 0.25) is 5.91 Å². The van der Waals surface area contributed by atoms with Crippen LogP contribution in [0, 0.1) is 5.92 Å². The van der Waals surface area contributed by atoms with Gasteiger partial charge in [-0.25, -0.2) is 0 Å². The average Bonchev–Trinajstić information content (AvgIpc) is 3.05. The van der Waals surface area contributed by atoms with Crippen molar-refractivity contribution in [3.63, 3.8) is 0 Å². The molecule has 2 aliphatic rings. The fraction of sp³-hybridized carbons (Fsp3) is 0.565. The first-order valence-corrected chi connectivity index (χ1v) is 11.4. The molecule has 2 aromatic rings. The maximum atomic E-state index is 13.2. The van der Waals surface area contributed by atoms with Gasteiger partial charge < -0.3 is 10.6 Å². The number of carbonyl (C=O) groups excluding carboxylic acids is 2. The molecular weight excluding hydrogens is 368 g/mol. The SMILES string of the molecule is CC(=O)NCC1CCC(c2c(C(=O)NC3(C)CCC3)sc3ccccc23)CC1. The largest absolute Gasteiger partial charge is 0.356 e. The van der Waals surface area contributed by atoms with Gasteiger partial charge in [0.15, 0.2) is 0 Å². The molecule has 0 radical (unpaired) electrons. The van der Waals surface area contributed by atoms with Crippen LogP contribution in [0.2, 0.25) is 0 Å². The first-order valence-electron chi connectivity index (χ1n) is 10.5. The fourth-order valence-electron chi connectivity index (χ4n) is 4.75. The van der Waals surface area contributed by atoms with Gasteiger partial charge in [-0.1, -0.05) is 18.2 Å². The summed E-state index contributed by atoms with van der Waals surface area (Å²) >= 11 is 1.65. The van der Waals surface area contributed by atoms with E-state index in [1.807, 2.05) is 0 Å². The van der Waals surface area contributed by atoms with Gasteiger partial charge in [-0.15, -0.1) is 11.3 Å². The molecule has 0 atom stereocenters. The zero-order valence-electron chi connectivity index (χ0n) is 16.8. The number of hydrogen-bond donors (Lipinski definition) is 2. The second kappa shape index (κ2) is 7.86. The first-order chi connectivity index (χ1) is 13.5. The van der Waals surface area contributed by atoms with Crippen LogP contribution in [0.25, 0.3) is 10.1 Å². The molecule has 0 saturated heterocycles. The fourth-order valence-corrected chi connectivity index (χ4v) is 5.93. The van der Waals surface area contributed by atoms with Crippen molar-refractivity contribution in [3.05, 3.63) is 34.7 Å². The summed E-state index contributed by atoms with van der Waals surface area (Å²) in [5.74, 6) is 1.14. The van der Waals surface area contributed by atoms with Crippen LogP contribution in [0.3, 0.4) is 0 Å². The van der Waals surface area contributed by atoms with Crippen LogP contribution in [-0.2, 0) is 4.79 Å². The summed E-state index contributed by atoms with van der Waals surface area (Å²) in [6.07, 6.45) is 7.74. The third-order valence-corrected chi connectivity index (χ3v) is 7.79. The number of rotatable bonds is 5. The van der Waals surface area contributed by atoms with E-state index in [4.69, 9.17) is 0 Å². The van der Waals surface area contributed by atoms with Crippen LogP contribution in [0.1, 0.15) is 79.9 Å².